The maximum atomic E-state index is 11.4. The van der Waals surface area contributed by atoms with E-state index < -0.39 is 11.7 Å². The molecule has 0 aromatic heterocycles. The highest BCUT2D eigenvalue weighted by atomic mass is 16.5. The summed E-state index contributed by atoms with van der Waals surface area (Å²) in [7, 11) is 0. The summed E-state index contributed by atoms with van der Waals surface area (Å²) < 4.78 is 6.15. The Hall–Kier alpha value is -1.75. The number of anilines is 1. The van der Waals surface area contributed by atoms with Crippen molar-refractivity contribution in [3.8, 4) is 0 Å². The molecule has 1 amide bonds. The van der Waals surface area contributed by atoms with Gasteiger partial charge in [-0.3, -0.25) is 0 Å². The van der Waals surface area contributed by atoms with E-state index in [4.69, 9.17) is 10.5 Å². The number of nitrogen functional groups attached to an aromatic ring is 1. The van der Waals surface area contributed by atoms with E-state index in [9.17, 15) is 9.90 Å². The highest BCUT2D eigenvalue weighted by Crippen LogP contribution is 2.45. The Bertz CT molecular complexity index is 551. The van der Waals surface area contributed by atoms with Gasteiger partial charge in [-0.15, -0.1) is 0 Å². The minimum atomic E-state index is -0.904. The van der Waals surface area contributed by atoms with Crippen LogP contribution in [0.4, 0.5) is 10.5 Å². The first-order chi connectivity index (χ1) is 9.67. The van der Waals surface area contributed by atoms with Crippen molar-refractivity contribution in [3.63, 3.8) is 0 Å². The Kier molecular flexibility index (Phi) is 3.89. The van der Waals surface area contributed by atoms with Crippen LogP contribution in [-0.2, 0) is 10.3 Å². The summed E-state index contributed by atoms with van der Waals surface area (Å²) in [6.45, 7) is 9.30. The van der Waals surface area contributed by atoms with Crippen molar-refractivity contribution in [3.05, 3.63) is 29.3 Å². The van der Waals surface area contributed by atoms with Gasteiger partial charge in [0.25, 0.3) is 0 Å². The van der Waals surface area contributed by atoms with Gasteiger partial charge in [-0.1, -0.05) is 32.9 Å². The average Bonchev–Trinajstić information content (AvgIpc) is 2.40. The molecule has 0 unspecified atom stereocenters. The zero-order valence-electron chi connectivity index (χ0n) is 13.1. The SMILES string of the molecule is Cc1cc([C@@]2(C(C)(C)C)CN(C(=O)O)CCO2)ccc1N. The summed E-state index contributed by atoms with van der Waals surface area (Å²) in [5, 5.41) is 9.33. The molecule has 1 fully saturated rings. The van der Waals surface area contributed by atoms with Crippen molar-refractivity contribution in [2.24, 2.45) is 5.41 Å². The van der Waals surface area contributed by atoms with Gasteiger partial charge in [0.2, 0.25) is 0 Å². The predicted octanol–water partition coefficient (Wildman–Crippen LogP) is 2.83. The molecule has 1 aliphatic rings. The molecule has 21 heavy (non-hydrogen) atoms. The second-order valence-electron chi connectivity index (χ2n) is 6.70. The molecule has 0 saturated carbocycles. The van der Waals surface area contributed by atoms with Crippen molar-refractivity contribution in [1.29, 1.82) is 0 Å². The number of hydrogen-bond acceptors (Lipinski definition) is 3. The van der Waals surface area contributed by atoms with Crippen LogP contribution in [0.25, 0.3) is 0 Å². The Morgan fingerprint density at radius 3 is 2.62 bits per heavy atom. The second kappa shape index (κ2) is 5.22. The van der Waals surface area contributed by atoms with Crippen LogP contribution < -0.4 is 5.73 Å². The maximum absolute atomic E-state index is 11.4. The summed E-state index contributed by atoms with van der Waals surface area (Å²) in [4.78, 5) is 12.8. The lowest BCUT2D eigenvalue weighted by atomic mass is 9.70. The van der Waals surface area contributed by atoms with Crippen LogP contribution in [0.15, 0.2) is 18.2 Å². The van der Waals surface area contributed by atoms with Crippen LogP contribution in [0.5, 0.6) is 0 Å². The summed E-state index contributed by atoms with van der Waals surface area (Å²) in [5.41, 5.74) is 7.68. The van der Waals surface area contributed by atoms with Gasteiger partial charge in [-0.05, 0) is 29.5 Å². The number of nitrogens with two attached hydrogens (primary N) is 1. The minimum Gasteiger partial charge on any atom is -0.465 e. The molecule has 5 nitrogen and oxygen atoms in total. The van der Waals surface area contributed by atoms with Crippen molar-refractivity contribution < 1.29 is 14.6 Å². The molecule has 0 spiro atoms. The standard InChI is InChI=1S/C16H24N2O3/c1-11-9-12(5-6-13(11)17)16(15(2,3)4)10-18(14(19)20)7-8-21-16/h5-6,9H,7-8,10,17H2,1-4H3,(H,19,20)/t16-/m1/s1. The third-order valence-electron chi connectivity index (χ3n) is 4.34. The zero-order valence-corrected chi connectivity index (χ0v) is 13.1. The van der Waals surface area contributed by atoms with E-state index in [0.29, 0.717) is 19.7 Å². The van der Waals surface area contributed by atoms with E-state index in [1.54, 1.807) is 0 Å². The van der Waals surface area contributed by atoms with Gasteiger partial charge in [0.05, 0.1) is 13.2 Å². The molecule has 116 valence electrons. The molecule has 1 saturated heterocycles. The first-order valence-corrected chi connectivity index (χ1v) is 7.16. The molecule has 1 heterocycles. The van der Waals surface area contributed by atoms with Crippen molar-refractivity contribution >= 4 is 11.8 Å². The molecule has 0 radical (unpaired) electrons. The number of benzene rings is 1. The largest absolute Gasteiger partial charge is 0.465 e. The topological polar surface area (TPSA) is 75.8 Å². The summed E-state index contributed by atoms with van der Waals surface area (Å²) in [6.07, 6.45) is -0.904. The number of carboxylic acid groups (broad SMARTS) is 1. The number of hydrogen-bond donors (Lipinski definition) is 2. The number of nitrogens with zero attached hydrogens (tertiary/aromatic N) is 1. The smallest absolute Gasteiger partial charge is 0.407 e. The number of amides is 1. The Morgan fingerprint density at radius 1 is 1.43 bits per heavy atom. The molecule has 3 N–H and O–H groups in total. The fourth-order valence-corrected chi connectivity index (χ4v) is 2.88. The van der Waals surface area contributed by atoms with E-state index in [1.165, 1.54) is 4.90 Å². The Balaban J connectivity index is 2.52. The summed E-state index contributed by atoms with van der Waals surface area (Å²) in [6, 6.07) is 5.81. The molecule has 5 heteroatoms. The average molecular weight is 292 g/mol. The highest BCUT2D eigenvalue weighted by molar-refractivity contribution is 5.65. The van der Waals surface area contributed by atoms with Crippen LogP contribution in [0.3, 0.4) is 0 Å². The molecular weight excluding hydrogens is 268 g/mol. The van der Waals surface area contributed by atoms with Crippen LogP contribution in [-0.4, -0.2) is 35.8 Å². The predicted molar refractivity (Wildman–Crippen MR) is 82.3 cm³/mol. The minimum absolute atomic E-state index is 0.246. The normalized spacial score (nSPS) is 23.1. The first kappa shape index (κ1) is 15.6. The lowest BCUT2D eigenvalue weighted by molar-refractivity contribution is -0.166. The van der Waals surface area contributed by atoms with Crippen LogP contribution in [0.1, 0.15) is 31.9 Å². The third kappa shape index (κ3) is 2.70. The maximum Gasteiger partial charge on any atom is 0.407 e. The van der Waals surface area contributed by atoms with E-state index in [-0.39, 0.29) is 5.41 Å². The number of rotatable bonds is 1. The number of morpholine rings is 1. The van der Waals surface area contributed by atoms with E-state index in [2.05, 4.69) is 20.8 Å². The molecular formula is C16H24N2O3. The van der Waals surface area contributed by atoms with E-state index in [1.807, 2.05) is 25.1 Å². The lowest BCUT2D eigenvalue weighted by Crippen LogP contribution is -2.57. The van der Waals surface area contributed by atoms with E-state index >= 15 is 0 Å². The van der Waals surface area contributed by atoms with Gasteiger partial charge in [0, 0.05) is 12.2 Å². The fourth-order valence-electron chi connectivity index (χ4n) is 2.88. The molecule has 1 atom stereocenters. The van der Waals surface area contributed by atoms with E-state index in [0.717, 1.165) is 16.8 Å². The molecule has 1 aliphatic heterocycles. The first-order valence-electron chi connectivity index (χ1n) is 7.16. The molecule has 1 aromatic carbocycles. The summed E-state index contributed by atoms with van der Waals surface area (Å²) >= 11 is 0. The van der Waals surface area contributed by atoms with Gasteiger partial charge in [0.1, 0.15) is 5.60 Å². The Morgan fingerprint density at radius 2 is 2.10 bits per heavy atom. The molecule has 0 aliphatic carbocycles. The van der Waals surface area contributed by atoms with Crippen LogP contribution >= 0.6 is 0 Å². The van der Waals surface area contributed by atoms with Gasteiger partial charge in [-0.2, -0.15) is 0 Å². The quantitative estimate of drug-likeness (QED) is 0.780. The molecule has 1 aromatic rings. The van der Waals surface area contributed by atoms with Crippen LogP contribution in [0.2, 0.25) is 0 Å². The second-order valence-corrected chi connectivity index (χ2v) is 6.70. The lowest BCUT2D eigenvalue weighted by Gasteiger charge is -2.50. The number of aryl methyl sites for hydroxylation is 1. The highest BCUT2D eigenvalue weighted by Gasteiger charge is 2.49. The Labute approximate surface area is 125 Å². The van der Waals surface area contributed by atoms with Gasteiger partial charge in [-0.25, -0.2) is 4.79 Å². The van der Waals surface area contributed by atoms with Gasteiger partial charge < -0.3 is 20.5 Å². The van der Waals surface area contributed by atoms with Crippen molar-refractivity contribution in [2.75, 3.05) is 25.4 Å². The number of ether oxygens (including phenoxy) is 1. The van der Waals surface area contributed by atoms with Gasteiger partial charge in [0.15, 0.2) is 0 Å². The van der Waals surface area contributed by atoms with Gasteiger partial charge >= 0.3 is 6.09 Å². The van der Waals surface area contributed by atoms with Crippen LogP contribution in [0, 0.1) is 12.3 Å². The van der Waals surface area contributed by atoms with Crippen molar-refractivity contribution in [1.82, 2.24) is 4.90 Å². The number of carbonyl (C=O) groups is 1. The third-order valence-corrected chi connectivity index (χ3v) is 4.34. The monoisotopic (exact) mass is 292 g/mol. The molecule has 2 rings (SSSR count). The van der Waals surface area contributed by atoms with Crippen molar-refractivity contribution in [2.45, 2.75) is 33.3 Å². The molecule has 0 bridgehead atoms. The fraction of sp³-hybridized carbons (Fsp3) is 0.562. The summed E-state index contributed by atoms with van der Waals surface area (Å²) in [5.74, 6) is 0. The zero-order chi connectivity index (χ0) is 15.8.